The summed E-state index contributed by atoms with van der Waals surface area (Å²) < 4.78 is 82.7. The second-order valence-corrected chi connectivity index (χ2v) is 12.1. The monoisotopic (exact) mass is 702 g/mol. The maximum Gasteiger partial charge on any atom is 0.416 e. The molecule has 2 heterocycles. The average Bonchev–Trinajstić information content (AvgIpc) is 3.52. The molecule has 1 aromatic heterocycles. The number of benzene rings is 2. The van der Waals surface area contributed by atoms with Crippen molar-refractivity contribution in [3.05, 3.63) is 70.4 Å². The number of nitrogens with zero attached hydrogens (tertiary/aromatic N) is 4. The molecule has 5 unspecified atom stereocenters. The molecular formula is C31H32ClF5N4O7. The molecule has 1 saturated carbocycles. The Morgan fingerprint density at radius 1 is 1.12 bits per heavy atom. The van der Waals surface area contributed by atoms with Crippen LogP contribution in [0.1, 0.15) is 49.8 Å². The van der Waals surface area contributed by atoms with Gasteiger partial charge in [-0.15, -0.1) is 5.10 Å². The molecule has 2 aliphatic rings. The summed E-state index contributed by atoms with van der Waals surface area (Å²) in [6.45, 7) is -0.454. The molecule has 0 spiro atoms. The molecule has 0 bridgehead atoms. The quantitative estimate of drug-likeness (QED) is 0.181. The molecule has 17 heteroatoms. The number of rotatable bonds is 8. The van der Waals surface area contributed by atoms with Crippen molar-refractivity contribution in [2.45, 2.75) is 87.9 Å². The Morgan fingerprint density at radius 3 is 2.42 bits per heavy atom. The molecule has 11 nitrogen and oxygen atoms in total. The average molecular weight is 703 g/mol. The van der Waals surface area contributed by atoms with Crippen LogP contribution in [0.3, 0.4) is 0 Å². The summed E-state index contributed by atoms with van der Waals surface area (Å²) in [4.78, 5) is 27.9. The fraction of sp³-hybridized carbons (Fsp3) is 0.484. The lowest BCUT2D eigenvalue weighted by atomic mass is 9.88. The first kappa shape index (κ1) is 35.6. The number of aliphatic hydroxyl groups is 3. The van der Waals surface area contributed by atoms with Gasteiger partial charge in [0.2, 0.25) is 0 Å². The van der Waals surface area contributed by atoms with Crippen LogP contribution >= 0.6 is 11.6 Å². The number of ether oxygens (including phenoxy) is 2. The highest BCUT2D eigenvalue weighted by atomic mass is 35.5. The van der Waals surface area contributed by atoms with E-state index < -0.39 is 96.0 Å². The van der Waals surface area contributed by atoms with Crippen LogP contribution in [0.4, 0.5) is 22.0 Å². The van der Waals surface area contributed by atoms with Gasteiger partial charge in [0.25, 0.3) is 5.91 Å². The Bertz CT molecular complexity index is 1620. The number of amides is 1. The van der Waals surface area contributed by atoms with E-state index in [2.05, 4.69) is 10.3 Å². The Labute approximate surface area is 275 Å². The maximum absolute atomic E-state index is 14.5. The maximum atomic E-state index is 14.5. The first-order valence-electron chi connectivity index (χ1n) is 15.0. The third-order valence-electron chi connectivity index (χ3n) is 8.55. The van der Waals surface area contributed by atoms with E-state index in [9.17, 15) is 46.9 Å². The molecule has 2 fully saturated rings. The first-order valence-corrected chi connectivity index (χ1v) is 15.4. The number of aromatic nitrogens is 3. The molecular weight excluding hydrogens is 671 g/mol. The van der Waals surface area contributed by atoms with Crippen LogP contribution in [0, 0.1) is 11.6 Å². The van der Waals surface area contributed by atoms with E-state index in [0.717, 1.165) is 40.9 Å². The third kappa shape index (κ3) is 7.32. The molecule has 1 amide bonds. The van der Waals surface area contributed by atoms with E-state index in [1.165, 1.54) is 18.2 Å². The van der Waals surface area contributed by atoms with Gasteiger partial charge >= 0.3 is 12.1 Å². The van der Waals surface area contributed by atoms with Gasteiger partial charge in [0, 0.05) is 19.0 Å². The highest BCUT2D eigenvalue weighted by Crippen LogP contribution is 2.38. The molecule has 3 aromatic rings. The van der Waals surface area contributed by atoms with Crippen molar-refractivity contribution in [1.29, 1.82) is 0 Å². The molecule has 2 aromatic carbocycles. The van der Waals surface area contributed by atoms with Crippen molar-refractivity contribution < 1.29 is 56.3 Å². The standard InChI is InChI=1S/C31H32ClF5N4O7/c1-15(43)47-28-26(41-13-21(38-39-41)17-10-19(33)25(32)20(34)11-17)27(45)24(14-42)48-29(28)30(46)40(22-8-4-5-9-23(22)44)12-16-6-2-3-7-18(16)31(35,36)37/h2-3,6-7,10-11,13,22-24,26-29,42,44-45H,4-5,8-9,12,14H2,1H3/t22-,23-,24?,26?,27?,28?,29?/m0/s1. The van der Waals surface area contributed by atoms with Gasteiger partial charge in [-0.2, -0.15) is 13.2 Å². The van der Waals surface area contributed by atoms with Crippen LogP contribution in [0.2, 0.25) is 5.02 Å². The van der Waals surface area contributed by atoms with Crippen molar-refractivity contribution in [2.24, 2.45) is 0 Å². The number of halogens is 6. The Hall–Kier alpha value is -3.70. The number of carbonyl (C=O) groups excluding carboxylic acids is 2. The summed E-state index contributed by atoms with van der Waals surface area (Å²) in [5, 5.41) is 39.4. The van der Waals surface area contributed by atoms with Gasteiger partial charge in [-0.3, -0.25) is 9.59 Å². The Balaban J connectivity index is 1.57. The summed E-state index contributed by atoms with van der Waals surface area (Å²) in [6, 6.07) is 3.95. The SMILES string of the molecule is CC(=O)OC1C(C(=O)N(Cc2ccccc2C(F)(F)F)[C@H]2CCCC[C@@H]2O)OC(CO)C(O)C1n1cc(-c2cc(F)c(Cl)c(F)c2)nn1. The summed E-state index contributed by atoms with van der Waals surface area (Å²) in [6.07, 6.45) is -9.80. The van der Waals surface area contributed by atoms with Crippen LogP contribution in [0.5, 0.6) is 0 Å². The van der Waals surface area contributed by atoms with Gasteiger partial charge in [-0.05, 0) is 36.6 Å². The number of hydrogen-bond acceptors (Lipinski definition) is 9. The van der Waals surface area contributed by atoms with Gasteiger partial charge in [0.15, 0.2) is 12.2 Å². The third-order valence-corrected chi connectivity index (χ3v) is 8.91. The second-order valence-electron chi connectivity index (χ2n) is 11.7. The van der Waals surface area contributed by atoms with Crippen molar-refractivity contribution in [3.63, 3.8) is 0 Å². The Kier molecular flexibility index (Phi) is 10.7. The van der Waals surface area contributed by atoms with Crippen molar-refractivity contribution in [3.8, 4) is 11.3 Å². The number of esters is 1. The van der Waals surface area contributed by atoms with Crippen molar-refractivity contribution in [2.75, 3.05) is 6.61 Å². The summed E-state index contributed by atoms with van der Waals surface area (Å²) in [5.41, 5.74) is -1.47. The molecule has 0 radical (unpaired) electrons. The van der Waals surface area contributed by atoms with E-state index >= 15 is 0 Å². The largest absolute Gasteiger partial charge is 0.457 e. The molecule has 48 heavy (non-hydrogen) atoms. The van der Waals surface area contributed by atoms with Crippen LogP contribution in [-0.2, 0) is 31.8 Å². The van der Waals surface area contributed by atoms with Gasteiger partial charge in [-0.1, -0.05) is 47.9 Å². The number of carbonyl (C=O) groups is 2. The number of alkyl halides is 3. The van der Waals surface area contributed by atoms with Crippen LogP contribution in [-0.4, -0.2) is 90.3 Å². The minimum Gasteiger partial charge on any atom is -0.457 e. The van der Waals surface area contributed by atoms with Crippen LogP contribution < -0.4 is 0 Å². The normalized spacial score (nSPS) is 26.2. The fourth-order valence-corrected chi connectivity index (χ4v) is 6.38. The topological polar surface area (TPSA) is 147 Å². The smallest absolute Gasteiger partial charge is 0.416 e. The van der Waals surface area contributed by atoms with Gasteiger partial charge in [-0.25, -0.2) is 13.5 Å². The van der Waals surface area contributed by atoms with E-state index in [0.29, 0.717) is 12.8 Å². The number of hydrogen-bond donors (Lipinski definition) is 3. The highest BCUT2D eigenvalue weighted by Gasteiger charge is 2.53. The molecule has 1 aliphatic carbocycles. The highest BCUT2D eigenvalue weighted by molar-refractivity contribution is 6.31. The molecule has 7 atom stereocenters. The van der Waals surface area contributed by atoms with E-state index in [1.807, 2.05) is 0 Å². The zero-order chi connectivity index (χ0) is 34.9. The lowest BCUT2D eigenvalue weighted by Crippen LogP contribution is -2.63. The van der Waals surface area contributed by atoms with Gasteiger partial charge in [0.05, 0.1) is 30.5 Å². The van der Waals surface area contributed by atoms with E-state index in [4.69, 9.17) is 21.1 Å². The summed E-state index contributed by atoms with van der Waals surface area (Å²) in [5.74, 6) is -4.10. The molecule has 1 aliphatic heterocycles. The number of aliphatic hydroxyl groups excluding tert-OH is 3. The van der Waals surface area contributed by atoms with Gasteiger partial charge < -0.3 is 29.7 Å². The van der Waals surface area contributed by atoms with E-state index in [-0.39, 0.29) is 29.7 Å². The zero-order valence-corrected chi connectivity index (χ0v) is 26.1. The lowest BCUT2D eigenvalue weighted by Gasteiger charge is -2.46. The molecule has 260 valence electrons. The first-order chi connectivity index (χ1) is 22.7. The summed E-state index contributed by atoms with van der Waals surface area (Å²) in [7, 11) is 0. The van der Waals surface area contributed by atoms with Crippen molar-refractivity contribution >= 4 is 23.5 Å². The molecule has 5 rings (SSSR count). The minimum atomic E-state index is -4.77. The van der Waals surface area contributed by atoms with Crippen LogP contribution in [0.25, 0.3) is 11.3 Å². The van der Waals surface area contributed by atoms with Crippen molar-refractivity contribution in [1.82, 2.24) is 19.9 Å². The predicted octanol–water partition coefficient (Wildman–Crippen LogP) is 3.82. The molecule has 3 N–H and O–H groups in total. The lowest BCUT2D eigenvalue weighted by molar-refractivity contribution is -0.223. The molecule has 1 saturated heterocycles. The predicted molar refractivity (Wildman–Crippen MR) is 157 cm³/mol. The van der Waals surface area contributed by atoms with Crippen LogP contribution in [0.15, 0.2) is 42.6 Å². The minimum absolute atomic E-state index is 0.0987. The zero-order valence-electron chi connectivity index (χ0n) is 25.4. The second kappa shape index (κ2) is 14.4. The fourth-order valence-electron chi connectivity index (χ4n) is 6.27. The summed E-state index contributed by atoms with van der Waals surface area (Å²) >= 11 is 5.58. The van der Waals surface area contributed by atoms with E-state index in [1.54, 1.807) is 0 Å². The Morgan fingerprint density at radius 2 is 1.79 bits per heavy atom. The van der Waals surface area contributed by atoms with Gasteiger partial charge in [0.1, 0.15) is 40.6 Å².